The molecule has 1 aliphatic rings. The minimum absolute atomic E-state index is 0.0901. The van der Waals surface area contributed by atoms with E-state index in [4.69, 9.17) is 20.3 Å². The van der Waals surface area contributed by atoms with E-state index < -0.39 is 65.6 Å². The predicted octanol–water partition coefficient (Wildman–Crippen LogP) is -2.22. The summed E-state index contributed by atoms with van der Waals surface area (Å²) < 4.78 is 49.0. The third kappa shape index (κ3) is 5.69. The van der Waals surface area contributed by atoms with E-state index in [1.54, 1.807) is 0 Å². The smallest absolute Gasteiger partial charge is 0.387 e. The molecule has 6 atom stereocenters. The highest BCUT2D eigenvalue weighted by atomic mass is 31.3. The van der Waals surface area contributed by atoms with Gasteiger partial charge in [-0.2, -0.15) is 4.98 Å². The summed E-state index contributed by atoms with van der Waals surface area (Å²) in [6, 6.07) is 0. The second-order valence-electron chi connectivity index (χ2n) is 6.61. The lowest BCUT2D eigenvalue weighted by Crippen LogP contribution is -2.33. The minimum atomic E-state index is -5.44. The number of phosphoric acid groups is 1. The Hall–Kier alpha value is -1.52. The lowest BCUT2D eigenvalue weighted by molar-refractivity contribution is -0.0483. The lowest BCUT2D eigenvalue weighted by atomic mass is 10.1. The van der Waals surface area contributed by atoms with E-state index >= 15 is 0 Å². The first-order valence-electron chi connectivity index (χ1n) is 8.37. The molecular weight excluding hydrogens is 503 g/mol. The highest BCUT2D eigenvalue weighted by Crippen LogP contribution is 2.64. The molecule has 18 nitrogen and oxygen atoms in total. The molecule has 2 aromatic heterocycles. The van der Waals surface area contributed by atoms with Crippen LogP contribution in [0.3, 0.4) is 0 Å². The van der Waals surface area contributed by atoms with Crippen LogP contribution in [0.15, 0.2) is 11.1 Å². The summed E-state index contributed by atoms with van der Waals surface area (Å²) in [5.41, 5.74) is 4.57. The van der Waals surface area contributed by atoms with Gasteiger partial charge in [0.15, 0.2) is 23.3 Å². The van der Waals surface area contributed by atoms with E-state index in [0.717, 1.165) is 10.9 Å². The van der Waals surface area contributed by atoms with Crippen LogP contribution in [-0.4, -0.2) is 80.1 Å². The zero-order valence-corrected chi connectivity index (χ0v) is 18.3. The second-order valence-corrected chi connectivity index (χ2v) is 12.2. The van der Waals surface area contributed by atoms with Gasteiger partial charge in [-0.25, -0.2) is 13.9 Å². The number of hydrogen-bond donors (Lipinski definition) is 8. The van der Waals surface area contributed by atoms with Gasteiger partial charge < -0.3 is 44.8 Å². The number of nitrogens with one attached hydrogen (secondary N) is 1. The van der Waals surface area contributed by atoms with Crippen LogP contribution in [0, 0.1) is 0 Å². The van der Waals surface area contributed by atoms with E-state index in [0.29, 0.717) is 0 Å². The molecule has 32 heavy (non-hydrogen) atoms. The normalized spacial score (nSPS) is 27.9. The summed E-state index contributed by atoms with van der Waals surface area (Å²) in [6.45, 7) is -0.888. The summed E-state index contributed by atoms with van der Waals surface area (Å²) in [4.78, 5) is 58.0. The molecule has 180 valence electrons. The molecule has 21 heteroatoms. The Bertz CT molecular complexity index is 1210. The largest absolute Gasteiger partial charge is 0.476 e. The van der Waals surface area contributed by atoms with Crippen molar-refractivity contribution in [3.05, 3.63) is 16.7 Å². The molecule has 0 aliphatic carbocycles. The van der Waals surface area contributed by atoms with Crippen molar-refractivity contribution in [2.75, 3.05) is 18.2 Å². The van der Waals surface area contributed by atoms with Crippen molar-refractivity contribution in [3.63, 3.8) is 0 Å². The van der Waals surface area contributed by atoms with Crippen LogP contribution < -0.4 is 11.3 Å². The number of hydrogen-bond acceptors (Lipinski definition) is 12. The fourth-order valence-electron chi connectivity index (χ4n) is 2.87. The Balaban J connectivity index is 1.72. The molecule has 0 amide bonds. The van der Waals surface area contributed by atoms with Gasteiger partial charge in [-0.15, -0.1) is 0 Å². The van der Waals surface area contributed by atoms with Crippen molar-refractivity contribution >= 4 is 40.1 Å². The molecule has 2 aromatic rings. The molecule has 3 unspecified atom stereocenters. The van der Waals surface area contributed by atoms with E-state index in [1.807, 2.05) is 0 Å². The Kier molecular flexibility index (Phi) is 6.81. The second kappa shape index (κ2) is 8.68. The Labute approximate surface area is 176 Å². The zero-order valence-electron chi connectivity index (χ0n) is 15.6. The summed E-state index contributed by atoms with van der Waals surface area (Å²) in [7, 11) is -15.7. The molecule has 0 radical (unpaired) electrons. The predicted molar refractivity (Wildman–Crippen MR) is 102 cm³/mol. The lowest BCUT2D eigenvalue weighted by Gasteiger charge is -2.19. The van der Waals surface area contributed by atoms with E-state index in [-0.39, 0.29) is 17.1 Å². The molecule has 1 fully saturated rings. The van der Waals surface area contributed by atoms with Crippen LogP contribution in [0.2, 0.25) is 0 Å². The summed E-state index contributed by atoms with van der Waals surface area (Å²) in [6.07, 6.45) is -5.09. The number of nitrogen functional groups attached to an aromatic ring is 1. The topological polar surface area (TPSA) is 290 Å². The summed E-state index contributed by atoms with van der Waals surface area (Å²) in [5.74, 6) is -1.93. The molecule has 0 aromatic carbocycles. The number of aromatic amines is 1. The quantitative estimate of drug-likeness (QED) is 0.171. The first kappa shape index (κ1) is 25.1. The summed E-state index contributed by atoms with van der Waals surface area (Å²) >= 11 is 0. The monoisotopic (exact) mass is 521 g/mol. The Morgan fingerprint density at radius 2 is 1.81 bits per heavy atom. The number of fused-ring (bicyclic) bond motifs is 1. The maximum Gasteiger partial charge on any atom is 0.476 e. The molecular formula is C11H18N5O13P3. The molecule has 3 rings (SSSR count). The van der Waals surface area contributed by atoms with Crippen molar-refractivity contribution in [2.24, 2.45) is 0 Å². The van der Waals surface area contributed by atoms with Crippen LogP contribution in [0.25, 0.3) is 11.2 Å². The number of H-pyrrole nitrogens is 1. The molecule has 0 spiro atoms. The van der Waals surface area contributed by atoms with Gasteiger partial charge in [-0.05, 0) is 0 Å². The average Bonchev–Trinajstić information content (AvgIpc) is 3.12. The number of aromatic nitrogens is 4. The van der Waals surface area contributed by atoms with E-state index in [2.05, 4.69) is 23.8 Å². The van der Waals surface area contributed by atoms with Crippen LogP contribution in [0.4, 0.5) is 5.95 Å². The van der Waals surface area contributed by atoms with Crippen LogP contribution in [-0.2, 0) is 27.3 Å². The minimum Gasteiger partial charge on any atom is -0.387 e. The van der Waals surface area contributed by atoms with Gasteiger partial charge in [0.2, 0.25) is 5.95 Å². The third-order valence-corrected chi connectivity index (χ3v) is 9.38. The highest BCUT2D eigenvalue weighted by Gasteiger charge is 2.46. The SMILES string of the molecule is Nc1nc2c(ncn2[C@@H]2OC(COP(=O)(O)CP(=O)(O)OP(=O)(O)O)[C@@H](O)[C@H]2O)c(=O)[nH]1. The average molecular weight is 521 g/mol. The van der Waals surface area contributed by atoms with Crippen molar-refractivity contribution in [1.82, 2.24) is 19.5 Å². The number of nitrogens with zero attached hydrogens (tertiary/aromatic N) is 3. The fourth-order valence-corrected chi connectivity index (χ4v) is 7.39. The van der Waals surface area contributed by atoms with Gasteiger partial charge in [0.1, 0.15) is 18.3 Å². The Morgan fingerprint density at radius 3 is 2.44 bits per heavy atom. The number of aliphatic hydroxyl groups excluding tert-OH is 2. The van der Waals surface area contributed by atoms with Crippen LogP contribution >= 0.6 is 23.0 Å². The molecule has 3 heterocycles. The number of imidazole rings is 1. The number of rotatable bonds is 8. The molecule has 1 aliphatic heterocycles. The molecule has 0 saturated carbocycles. The van der Waals surface area contributed by atoms with E-state index in [1.165, 1.54) is 0 Å². The van der Waals surface area contributed by atoms with Crippen molar-refractivity contribution in [2.45, 2.75) is 24.5 Å². The summed E-state index contributed by atoms with van der Waals surface area (Å²) in [5, 5.41) is 20.5. The van der Waals surface area contributed by atoms with Gasteiger partial charge >= 0.3 is 23.0 Å². The number of aliphatic hydroxyl groups is 2. The highest BCUT2D eigenvalue weighted by molar-refractivity contribution is 7.74. The molecule has 0 bridgehead atoms. The first-order chi connectivity index (χ1) is 14.6. The Morgan fingerprint density at radius 1 is 1.16 bits per heavy atom. The van der Waals surface area contributed by atoms with Gasteiger partial charge in [0.25, 0.3) is 5.56 Å². The van der Waals surface area contributed by atoms with Crippen molar-refractivity contribution < 1.29 is 57.1 Å². The maximum absolute atomic E-state index is 12.0. The molecule has 1 saturated heterocycles. The van der Waals surface area contributed by atoms with Crippen LogP contribution in [0.1, 0.15) is 6.23 Å². The standard InChI is InChI=1S/C11H18N5O13P3/c12-11-14-8-5(9(19)15-11)13-2-16(8)10-7(18)6(17)4(28-10)1-27-30(20,21)3-31(22,23)29-32(24,25)26/h2,4,6-7,10,17-18H,1,3H2,(H,20,21)(H,22,23)(H2,24,25,26)(H3,12,14,15,19)/t4?,6-,7-,10-/m1/s1. The maximum atomic E-state index is 12.0. The van der Waals surface area contributed by atoms with Gasteiger partial charge in [-0.3, -0.25) is 23.5 Å². The van der Waals surface area contributed by atoms with Gasteiger partial charge in [0.05, 0.1) is 12.9 Å². The van der Waals surface area contributed by atoms with Crippen molar-refractivity contribution in [1.29, 1.82) is 0 Å². The number of nitrogens with two attached hydrogens (primary N) is 1. The zero-order chi connectivity index (χ0) is 24.1. The fraction of sp³-hybridized carbons (Fsp3) is 0.545. The van der Waals surface area contributed by atoms with Crippen molar-refractivity contribution in [3.8, 4) is 0 Å². The number of anilines is 1. The third-order valence-electron chi connectivity index (χ3n) is 4.09. The van der Waals surface area contributed by atoms with Gasteiger partial charge in [0, 0.05) is 0 Å². The van der Waals surface area contributed by atoms with Gasteiger partial charge in [-0.1, -0.05) is 0 Å². The van der Waals surface area contributed by atoms with E-state index in [9.17, 15) is 38.5 Å². The first-order valence-corrected chi connectivity index (χ1v) is 13.4. The number of ether oxygens (including phenoxy) is 1. The van der Waals surface area contributed by atoms with Crippen LogP contribution in [0.5, 0.6) is 0 Å². The molecule has 9 N–H and O–H groups in total.